The van der Waals surface area contributed by atoms with Gasteiger partial charge in [-0.15, -0.1) is 0 Å². The lowest BCUT2D eigenvalue weighted by Crippen LogP contribution is -2.35. The minimum Gasteiger partial charge on any atom is -0.369 e. The van der Waals surface area contributed by atoms with Crippen molar-refractivity contribution in [2.45, 2.75) is 32.5 Å². The van der Waals surface area contributed by atoms with Crippen LogP contribution in [0.5, 0.6) is 0 Å². The molecule has 0 amide bonds. The molecule has 1 N–H and O–H groups in total. The van der Waals surface area contributed by atoms with Gasteiger partial charge in [0, 0.05) is 25.5 Å². The highest BCUT2D eigenvalue weighted by Gasteiger charge is 2.14. The van der Waals surface area contributed by atoms with Crippen LogP contribution in [-0.4, -0.2) is 28.7 Å². The van der Waals surface area contributed by atoms with Gasteiger partial charge in [-0.1, -0.05) is 0 Å². The number of imidazole rings is 1. The molecule has 4 heteroatoms. The lowest BCUT2D eigenvalue weighted by atomic mass is 10.1. The van der Waals surface area contributed by atoms with Crippen LogP contribution in [0.25, 0.3) is 0 Å². The van der Waals surface area contributed by atoms with E-state index in [2.05, 4.69) is 21.8 Å². The molecule has 2 heterocycles. The lowest BCUT2D eigenvalue weighted by Gasteiger charge is -2.22. The zero-order valence-corrected chi connectivity index (χ0v) is 9.49. The van der Waals surface area contributed by atoms with Crippen molar-refractivity contribution in [3.8, 4) is 0 Å². The lowest BCUT2D eigenvalue weighted by molar-refractivity contribution is 0.0207. The predicted octanol–water partition coefficient (Wildman–Crippen LogP) is 0.997. The fraction of sp³-hybridized carbons (Fsp3) is 0.727. The number of aryl methyl sites for hydroxylation is 1. The molecule has 0 aromatic carbocycles. The van der Waals surface area contributed by atoms with Gasteiger partial charge in [-0.2, -0.15) is 0 Å². The number of nitrogens with zero attached hydrogens (tertiary/aromatic N) is 2. The fourth-order valence-electron chi connectivity index (χ4n) is 1.83. The Morgan fingerprint density at radius 2 is 2.53 bits per heavy atom. The Morgan fingerprint density at radius 1 is 1.67 bits per heavy atom. The molecule has 1 unspecified atom stereocenters. The maximum absolute atomic E-state index is 5.82. The summed E-state index contributed by atoms with van der Waals surface area (Å²) < 4.78 is 7.90. The van der Waals surface area contributed by atoms with Crippen LogP contribution in [0.4, 0.5) is 0 Å². The summed E-state index contributed by atoms with van der Waals surface area (Å²) in [5.74, 6) is 1.01. The van der Waals surface area contributed by atoms with E-state index in [1.807, 2.05) is 13.2 Å². The Hall–Kier alpha value is -0.870. The van der Waals surface area contributed by atoms with Crippen molar-refractivity contribution in [2.75, 3.05) is 13.1 Å². The first kappa shape index (κ1) is 10.6. The summed E-state index contributed by atoms with van der Waals surface area (Å²) in [6, 6.07) is 0. The Bertz CT molecular complexity index is 316. The first-order chi connectivity index (χ1) is 7.27. The van der Waals surface area contributed by atoms with Gasteiger partial charge in [0.05, 0.1) is 6.10 Å². The van der Waals surface area contributed by atoms with Gasteiger partial charge >= 0.3 is 0 Å². The van der Waals surface area contributed by atoms with Crippen LogP contribution in [0.3, 0.4) is 0 Å². The van der Waals surface area contributed by atoms with Gasteiger partial charge in [-0.05, 0) is 26.3 Å². The van der Waals surface area contributed by atoms with Gasteiger partial charge in [0.1, 0.15) is 12.4 Å². The Morgan fingerprint density at radius 3 is 3.13 bits per heavy atom. The number of aromatic nitrogens is 2. The van der Waals surface area contributed by atoms with Gasteiger partial charge in [-0.25, -0.2) is 4.98 Å². The molecule has 0 aliphatic carbocycles. The van der Waals surface area contributed by atoms with Gasteiger partial charge in [-0.3, -0.25) is 0 Å². The summed E-state index contributed by atoms with van der Waals surface area (Å²) in [7, 11) is 2.03. The third kappa shape index (κ3) is 2.58. The van der Waals surface area contributed by atoms with Crippen LogP contribution in [0.1, 0.15) is 24.4 Å². The van der Waals surface area contributed by atoms with Gasteiger partial charge in [0.2, 0.25) is 0 Å². The standard InChI is InChI=1S/C11H19N3O/c1-9-6-13-11(14(9)2)8-15-10-4-3-5-12-7-10/h6,10,12H,3-5,7-8H2,1-2H3. The molecule has 0 radical (unpaired) electrons. The molecule has 0 bridgehead atoms. The molecule has 1 aromatic heterocycles. The van der Waals surface area contributed by atoms with Crippen molar-refractivity contribution >= 4 is 0 Å². The molecule has 84 valence electrons. The van der Waals surface area contributed by atoms with E-state index < -0.39 is 0 Å². The third-order valence-electron chi connectivity index (χ3n) is 3.02. The first-order valence-electron chi connectivity index (χ1n) is 5.57. The minimum absolute atomic E-state index is 0.357. The molecule has 1 atom stereocenters. The van der Waals surface area contributed by atoms with Crippen molar-refractivity contribution in [3.63, 3.8) is 0 Å². The topological polar surface area (TPSA) is 39.1 Å². The first-order valence-corrected chi connectivity index (χ1v) is 5.57. The molecule has 15 heavy (non-hydrogen) atoms. The molecule has 0 spiro atoms. The largest absolute Gasteiger partial charge is 0.369 e. The number of ether oxygens (including phenoxy) is 1. The highest BCUT2D eigenvalue weighted by atomic mass is 16.5. The van der Waals surface area contributed by atoms with Crippen LogP contribution in [-0.2, 0) is 18.4 Å². The maximum atomic E-state index is 5.82. The van der Waals surface area contributed by atoms with E-state index in [0.29, 0.717) is 12.7 Å². The zero-order valence-electron chi connectivity index (χ0n) is 9.49. The highest BCUT2D eigenvalue weighted by molar-refractivity contribution is 5.01. The average molecular weight is 209 g/mol. The van der Waals surface area contributed by atoms with Crippen LogP contribution in [0.15, 0.2) is 6.20 Å². The Kier molecular flexibility index (Phi) is 3.38. The number of hydrogen-bond donors (Lipinski definition) is 1. The molecule has 1 aromatic rings. The fourth-order valence-corrected chi connectivity index (χ4v) is 1.83. The average Bonchev–Trinajstić information content (AvgIpc) is 2.59. The SMILES string of the molecule is Cc1cnc(COC2CCCNC2)n1C. The van der Waals surface area contributed by atoms with Crippen LogP contribution in [0, 0.1) is 6.92 Å². The van der Waals surface area contributed by atoms with Crippen molar-refractivity contribution in [1.29, 1.82) is 0 Å². The van der Waals surface area contributed by atoms with Gasteiger partial charge in [0.25, 0.3) is 0 Å². The Labute approximate surface area is 90.6 Å². The molecule has 2 rings (SSSR count). The second-order valence-corrected chi connectivity index (χ2v) is 4.15. The Balaban J connectivity index is 1.84. The normalized spacial score (nSPS) is 21.9. The van der Waals surface area contributed by atoms with Crippen molar-refractivity contribution in [3.05, 3.63) is 17.7 Å². The number of hydrogen-bond acceptors (Lipinski definition) is 3. The van der Waals surface area contributed by atoms with Crippen LogP contribution in [0.2, 0.25) is 0 Å². The third-order valence-corrected chi connectivity index (χ3v) is 3.02. The van der Waals surface area contributed by atoms with E-state index in [4.69, 9.17) is 4.74 Å². The quantitative estimate of drug-likeness (QED) is 0.807. The summed E-state index contributed by atoms with van der Waals surface area (Å²) in [5.41, 5.74) is 1.18. The van der Waals surface area contributed by atoms with Crippen molar-refractivity contribution < 1.29 is 4.74 Å². The van der Waals surface area contributed by atoms with Gasteiger partial charge in [0.15, 0.2) is 0 Å². The molecule has 4 nitrogen and oxygen atoms in total. The monoisotopic (exact) mass is 209 g/mol. The van der Waals surface area contributed by atoms with Crippen molar-refractivity contribution in [2.24, 2.45) is 7.05 Å². The van der Waals surface area contributed by atoms with Crippen LogP contribution < -0.4 is 5.32 Å². The molecule has 1 aliphatic heterocycles. The summed E-state index contributed by atoms with van der Waals surface area (Å²) in [4.78, 5) is 4.32. The van der Waals surface area contributed by atoms with E-state index in [9.17, 15) is 0 Å². The predicted molar refractivity (Wildman–Crippen MR) is 58.6 cm³/mol. The highest BCUT2D eigenvalue weighted by Crippen LogP contribution is 2.09. The van der Waals surface area contributed by atoms with E-state index in [1.54, 1.807) is 0 Å². The zero-order chi connectivity index (χ0) is 10.7. The van der Waals surface area contributed by atoms with Crippen molar-refractivity contribution in [1.82, 2.24) is 14.9 Å². The minimum atomic E-state index is 0.357. The summed E-state index contributed by atoms with van der Waals surface area (Å²) in [6.07, 6.45) is 4.62. The van der Waals surface area contributed by atoms with Crippen LogP contribution >= 0.6 is 0 Å². The number of nitrogens with one attached hydrogen (secondary N) is 1. The van der Waals surface area contributed by atoms with E-state index in [-0.39, 0.29) is 0 Å². The molecule has 1 fully saturated rings. The van der Waals surface area contributed by atoms with E-state index in [1.165, 1.54) is 12.1 Å². The van der Waals surface area contributed by atoms with E-state index in [0.717, 1.165) is 25.3 Å². The number of piperidine rings is 1. The molecule has 1 saturated heterocycles. The second kappa shape index (κ2) is 4.77. The number of rotatable bonds is 3. The molecule has 0 saturated carbocycles. The summed E-state index contributed by atoms with van der Waals surface area (Å²) in [6.45, 7) is 4.78. The molecular formula is C11H19N3O. The van der Waals surface area contributed by atoms with Gasteiger partial charge < -0.3 is 14.6 Å². The molecular weight excluding hydrogens is 190 g/mol. The maximum Gasteiger partial charge on any atom is 0.134 e. The summed E-state index contributed by atoms with van der Waals surface area (Å²) >= 11 is 0. The smallest absolute Gasteiger partial charge is 0.134 e. The summed E-state index contributed by atoms with van der Waals surface area (Å²) in [5, 5.41) is 3.34. The van der Waals surface area contributed by atoms with E-state index >= 15 is 0 Å². The second-order valence-electron chi connectivity index (χ2n) is 4.15. The molecule has 1 aliphatic rings.